The van der Waals surface area contributed by atoms with E-state index < -0.39 is 0 Å². The third-order valence-electron chi connectivity index (χ3n) is 4.28. The molecule has 16 heavy (non-hydrogen) atoms. The Bertz CT molecular complexity index is 218. The molecule has 2 fully saturated rings. The summed E-state index contributed by atoms with van der Waals surface area (Å²) < 4.78 is 5.59. The summed E-state index contributed by atoms with van der Waals surface area (Å²) in [5, 5.41) is 13.0. The minimum atomic E-state index is 0.000880. The maximum atomic E-state index is 9.51. The van der Waals surface area contributed by atoms with Gasteiger partial charge in [-0.2, -0.15) is 0 Å². The molecule has 0 aromatic carbocycles. The maximum Gasteiger partial charge on any atom is 0.0700 e. The van der Waals surface area contributed by atoms with Gasteiger partial charge in [-0.25, -0.2) is 0 Å². The van der Waals surface area contributed by atoms with Crippen LogP contribution < -0.4 is 5.32 Å². The van der Waals surface area contributed by atoms with Gasteiger partial charge in [-0.3, -0.25) is 0 Å². The quantitative estimate of drug-likeness (QED) is 0.749. The van der Waals surface area contributed by atoms with Crippen molar-refractivity contribution in [2.45, 2.75) is 51.2 Å². The summed E-state index contributed by atoms with van der Waals surface area (Å²) in [6, 6.07) is 0. The second kappa shape index (κ2) is 5.03. The monoisotopic (exact) mass is 227 g/mol. The molecule has 1 atom stereocenters. The molecule has 1 aliphatic heterocycles. The lowest BCUT2D eigenvalue weighted by molar-refractivity contribution is 0.00610. The minimum Gasteiger partial charge on any atom is -0.394 e. The van der Waals surface area contributed by atoms with Crippen LogP contribution in [0.3, 0.4) is 0 Å². The molecule has 0 aromatic rings. The number of rotatable bonds is 5. The molecule has 1 saturated carbocycles. The first-order valence-corrected chi connectivity index (χ1v) is 6.63. The SMILES string of the molecule is CC(C)C1CC(CO)(NCC2CCCO2)C1. The van der Waals surface area contributed by atoms with E-state index in [0.717, 1.165) is 37.8 Å². The Kier molecular flexibility index (Phi) is 3.88. The van der Waals surface area contributed by atoms with E-state index in [1.165, 1.54) is 12.8 Å². The first-order chi connectivity index (χ1) is 7.65. The zero-order chi connectivity index (χ0) is 11.6. The fraction of sp³-hybridized carbons (Fsp3) is 1.00. The molecular weight excluding hydrogens is 202 g/mol. The van der Waals surface area contributed by atoms with Crippen LogP contribution in [-0.2, 0) is 4.74 Å². The van der Waals surface area contributed by atoms with Crippen LogP contribution in [-0.4, -0.2) is 36.5 Å². The predicted octanol–water partition coefficient (Wildman–Crippen LogP) is 1.55. The van der Waals surface area contributed by atoms with Gasteiger partial charge < -0.3 is 15.2 Å². The Labute approximate surface area is 98.6 Å². The highest BCUT2D eigenvalue weighted by atomic mass is 16.5. The molecule has 94 valence electrons. The van der Waals surface area contributed by atoms with Crippen molar-refractivity contribution >= 4 is 0 Å². The van der Waals surface area contributed by atoms with Gasteiger partial charge in [0.05, 0.1) is 12.7 Å². The van der Waals surface area contributed by atoms with E-state index >= 15 is 0 Å². The molecule has 0 spiro atoms. The predicted molar refractivity (Wildman–Crippen MR) is 64.4 cm³/mol. The van der Waals surface area contributed by atoms with Gasteiger partial charge >= 0.3 is 0 Å². The van der Waals surface area contributed by atoms with Gasteiger partial charge in [0.25, 0.3) is 0 Å². The summed E-state index contributed by atoms with van der Waals surface area (Å²) in [5.74, 6) is 1.52. The van der Waals surface area contributed by atoms with Crippen LogP contribution in [0.4, 0.5) is 0 Å². The van der Waals surface area contributed by atoms with Crippen molar-refractivity contribution in [1.82, 2.24) is 5.32 Å². The van der Waals surface area contributed by atoms with Gasteiger partial charge in [0.2, 0.25) is 0 Å². The van der Waals surface area contributed by atoms with Gasteiger partial charge in [0, 0.05) is 18.7 Å². The second-order valence-corrected chi connectivity index (χ2v) is 5.87. The average molecular weight is 227 g/mol. The first-order valence-electron chi connectivity index (χ1n) is 6.63. The van der Waals surface area contributed by atoms with Crippen LogP contribution >= 0.6 is 0 Å². The smallest absolute Gasteiger partial charge is 0.0700 e. The van der Waals surface area contributed by atoms with E-state index in [1.54, 1.807) is 0 Å². The third-order valence-corrected chi connectivity index (χ3v) is 4.28. The highest BCUT2D eigenvalue weighted by Gasteiger charge is 2.44. The molecule has 2 aliphatic rings. The summed E-state index contributed by atoms with van der Waals surface area (Å²) in [6.07, 6.45) is 4.97. The van der Waals surface area contributed by atoms with Gasteiger partial charge in [-0.15, -0.1) is 0 Å². The van der Waals surface area contributed by atoms with Crippen LogP contribution in [0.5, 0.6) is 0 Å². The van der Waals surface area contributed by atoms with Crippen molar-refractivity contribution in [1.29, 1.82) is 0 Å². The van der Waals surface area contributed by atoms with Crippen LogP contribution in [0.2, 0.25) is 0 Å². The zero-order valence-corrected chi connectivity index (χ0v) is 10.5. The molecule has 3 nitrogen and oxygen atoms in total. The molecular formula is C13H25NO2. The van der Waals surface area contributed by atoms with Crippen molar-refractivity contribution < 1.29 is 9.84 Å². The lowest BCUT2D eigenvalue weighted by atomic mass is 9.64. The zero-order valence-electron chi connectivity index (χ0n) is 10.5. The van der Waals surface area contributed by atoms with E-state index in [9.17, 15) is 5.11 Å². The first kappa shape index (κ1) is 12.3. The average Bonchev–Trinajstić information content (AvgIpc) is 2.69. The number of hydrogen-bond acceptors (Lipinski definition) is 3. The molecule has 0 aromatic heterocycles. The Balaban J connectivity index is 1.74. The molecule has 1 saturated heterocycles. The molecule has 1 aliphatic carbocycles. The highest BCUT2D eigenvalue weighted by molar-refractivity contribution is 5.01. The van der Waals surface area contributed by atoms with Gasteiger partial charge in [0.1, 0.15) is 0 Å². The van der Waals surface area contributed by atoms with E-state index in [1.807, 2.05) is 0 Å². The highest BCUT2D eigenvalue weighted by Crippen LogP contribution is 2.41. The van der Waals surface area contributed by atoms with Crippen molar-refractivity contribution in [2.75, 3.05) is 19.8 Å². The Morgan fingerprint density at radius 3 is 2.69 bits per heavy atom. The molecule has 1 unspecified atom stereocenters. The van der Waals surface area contributed by atoms with Gasteiger partial charge in [-0.05, 0) is 37.5 Å². The summed E-state index contributed by atoms with van der Waals surface area (Å²) in [7, 11) is 0. The van der Waals surface area contributed by atoms with E-state index in [-0.39, 0.29) is 12.1 Å². The summed E-state index contributed by atoms with van der Waals surface area (Å²) in [6.45, 7) is 6.62. The van der Waals surface area contributed by atoms with Crippen LogP contribution in [0, 0.1) is 11.8 Å². The molecule has 0 radical (unpaired) electrons. The number of aliphatic hydroxyl groups excluding tert-OH is 1. The molecule has 2 rings (SSSR count). The second-order valence-electron chi connectivity index (χ2n) is 5.87. The van der Waals surface area contributed by atoms with Gasteiger partial charge in [0.15, 0.2) is 0 Å². The molecule has 0 bridgehead atoms. The maximum absolute atomic E-state index is 9.51. The number of nitrogens with one attached hydrogen (secondary N) is 1. The third kappa shape index (κ3) is 2.58. The van der Waals surface area contributed by atoms with Crippen molar-refractivity contribution in [3.05, 3.63) is 0 Å². The van der Waals surface area contributed by atoms with Crippen molar-refractivity contribution in [2.24, 2.45) is 11.8 Å². The van der Waals surface area contributed by atoms with E-state index in [4.69, 9.17) is 4.74 Å². The minimum absolute atomic E-state index is 0.000880. The van der Waals surface area contributed by atoms with E-state index in [2.05, 4.69) is 19.2 Å². The molecule has 0 amide bonds. The summed E-state index contributed by atoms with van der Waals surface area (Å²) >= 11 is 0. The molecule has 2 N–H and O–H groups in total. The topological polar surface area (TPSA) is 41.5 Å². The van der Waals surface area contributed by atoms with Crippen LogP contribution in [0.1, 0.15) is 39.5 Å². The lowest BCUT2D eigenvalue weighted by Gasteiger charge is -2.49. The Morgan fingerprint density at radius 1 is 1.44 bits per heavy atom. The van der Waals surface area contributed by atoms with Gasteiger partial charge in [-0.1, -0.05) is 13.8 Å². The normalized spacial score (nSPS) is 39.0. The van der Waals surface area contributed by atoms with Crippen LogP contribution in [0.25, 0.3) is 0 Å². The fourth-order valence-electron chi connectivity index (χ4n) is 2.88. The largest absolute Gasteiger partial charge is 0.394 e. The fourth-order valence-corrected chi connectivity index (χ4v) is 2.88. The van der Waals surface area contributed by atoms with E-state index in [0.29, 0.717) is 6.10 Å². The van der Waals surface area contributed by atoms with Crippen molar-refractivity contribution in [3.8, 4) is 0 Å². The molecule has 3 heteroatoms. The summed E-state index contributed by atoms with van der Waals surface area (Å²) in [5.41, 5.74) is 0.000880. The Morgan fingerprint density at radius 2 is 2.19 bits per heavy atom. The van der Waals surface area contributed by atoms with Crippen molar-refractivity contribution in [3.63, 3.8) is 0 Å². The van der Waals surface area contributed by atoms with Crippen LogP contribution in [0.15, 0.2) is 0 Å². The molecule has 1 heterocycles. The standard InChI is InChI=1S/C13H25NO2/c1-10(2)11-6-13(7-11,9-15)14-8-12-4-3-5-16-12/h10-12,14-15H,3-9H2,1-2H3. The lowest BCUT2D eigenvalue weighted by Crippen LogP contribution is -2.60. The number of aliphatic hydroxyl groups is 1. The Hall–Kier alpha value is -0.120. The number of ether oxygens (including phenoxy) is 1. The number of hydrogen-bond donors (Lipinski definition) is 2. The summed E-state index contributed by atoms with van der Waals surface area (Å²) in [4.78, 5) is 0.